The molecule has 2 aliphatic heterocycles. The van der Waals surface area contributed by atoms with Gasteiger partial charge in [0.25, 0.3) is 0 Å². The summed E-state index contributed by atoms with van der Waals surface area (Å²) in [6, 6.07) is -1.15. The van der Waals surface area contributed by atoms with Gasteiger partial charge in [-0.25, -0.2) is 8.42 Å². The second-order valence-corrected chi connectivity index (χ2v) is 6.84. The number of aliphatic hydroxyl groups excluding tert-OH is 1. The highest BCUT2D eigenvalue weighted by molar-refractivity contribution is 7.89. The van der Waals surface area contributed by atoms with Crippen molar-refractivity contribution in [3.63, 3.8) is 0 Å². The Hall–Kier alpha value is -0.700. The van der Waals surface area contributed by atoms with Gasteiger partial charge in [-0.15, -0.1) is 0 Å². The zero-order valence-electron chi connectivity index (χ0n) is 9.86. The molecule has 0 aromatic rings. The second-order valence-electron chi connectivity index (χ2n) is 4.67. The van der Waals surface area contributed by atoms with Crippen LogP contribution in [0, 0.1) is 0 Å². The Labute approximate surface area is 105 Å². The summed E-state index contributed by atoms with van der Waals surface area (Å²) in [6.45, 7) is 0.618. The first-order valence-electron chi connectivity index (χ1n) is 5.92. The summed E-state index contributed by atoms with van der Waals surface area (Å²) < 4.78 is 30.7. The van der Waals surface area contributed by atoms with Crippen molar-refractivity contribution in [2.24, 2.45) is 0 Å². The molecule has 2 N–H and O–H groups in total. The molecule has 104 valence electrons. The highest BCUT2D eigenvalue weighted by Crippen LogP contribution is 2.27. The van der Waals surface area contributed by atoms with Gasteiger partial charge < -0.3 is 14.9 Å². The van der Waals surface area contributed by atoms with E-state index in [0.717, 1.165) is 4.31 Å². The van der Waals surface area contributed by atoms with Gasteiger partial charge in [-0.2, -0.15) is 4.31 Å². The van der Waals surface area contributed by atoms with Crippen molar-refractivity contribution in [2.75, 3.05) is 19.8 Å². The van der Waals surface area contributed by atoms with Gasteiger partial charge in [0.15, 0.2) is 0 Å². The number of sulfonamides is 1. The van der Waals surface area contributed by atoms with Crippen LogP contribution >= 0.6 is 0 Å². The van der Waals surface area contributed by atoms with Gasteiger partial charge >= 0.3 is 5.97 Å². The molecule has 0 aromatic carbocycles. The number of rotatable bonds is 3. The Morgan fingerprint density at radius 3 is 2.44 bits per heavy atom. The van der Waals surface area contributed by atoms with Gasteiger partial charge in [-0.05, 0) is 12.8 Å². The molecule has 0 saturated carbocycles. The predicted molar refractivity (Wildman–Crippen MR) is 61.5 cm³/mol. The van der Waals surface area contributed by atoms with E-state index in [1.807, 2.05) is 0 Å². The zero-order chi connectivity index (χ0) is 13.3. The van der Waals surface area contributed by atoms with Crippen LogP contribution in [0.2, 0.25) is 0 Å². The van der Waals surface area contributed by atoms with Gasteiger partial charge in [0, 0.05) is 26.2 Å². The van der Waals surface area contributed by atoms with Crippen LogP contribution in [0.1, 0.15) is 19.3 Å². The van der Waals surface area contributed by atoms with Gasteiger partial charge in [-0.3, -0.25) is 4.79 Å². The van der Waals surface area contributed by atoms with Crippen molar-refractivity contribution in [3.05, 3.63) is 0 Å². The topological polar surface area (TPSA) is 104 Å². The Morgan fingerprint density at radius 2 is 1.89 bits per heavy atom. The minimum Gasteiger partial charge on any atom is -0.480 e. The molecule has 0 aliphatic carbocycles. The van der Waals surface area contributed by atoms with E-state index in [2.05, 4.69) is 0 Å². The van der Waals surface area contributed by atoms with E-state index in [-0.39, 0.29) is 13.0 Å². The first-order chi connectivity index (χ1) is 8.43. The summed E-state index contributed by atoms with van der Waals surface area (Å²) in [5.41, 5.74) is 0. The summed E-state index contributed by atoms with van der Waals surface area (Å²) in [5, 5.41) is 17.9. The molecule has 0 unspecified atom stereocenters. The molecule has 2 rings (SSSR count). The predicted octanol–water partition coefficient (Wildman–Crippen LogP) is -0.985. The molecule has 0 spiro atoms. The van der Waals surface area contributed by atoms with Crippen molar-refractivity contribution >= 4 is 16.0 Å². The van der Waals surface area contributed by atoms with E-state index in [1.165, 1.54) is 0 Å². The van der Waals surface area contributed by atoms with Crippen LogP contribution in [0.4, 0.5) is 0 Å². The highest BCUT2D eigenvalue weighted by atomic mass is 32.2. The van der Waals surface area contributed by atoms with E-state index in [1.54, 1.807) is 0 Å². The minimum atomic E-state index is -3.68. The van der Waals surface area contributed by atoms with Crippen LogP contribution in [0.5, 0.6) is 0 Å². The number of carboxylic acids is 1. The van der Waals surface area contributed by atoms with Crippen LogP contribution in [0.3, 0.4) is 0 Å². The number of carboxylic acid groups (broad SMARTS) is 1. The maximum Gasteiger partial charge on any atom is 0.322 e. The monoisotopic (exact) mass is 279 g/mol. The van der Waals surface area contributed by atoms with E-state index in [0.29, 0.717) is 26.1 Å². The molecule has 0 bridgehead atoms. The fraction of sp³-hybridized carbons (Fsp3) is 0.900. The third-order valence-electron chi connectivity index (χ3n) is 3.44. The standard InChI is InChI=1S/C10H17NO6S/c12-7-5-9(10(13)14)11(6-7)18(15,16)8-1-3-17-4-2-8/h7-9,12H,1-6H2,(H,13,14)/t7-,9-/m1/s1. The Balaban J connectivity index is 2.20. The van der Waals surface area contributed by atoms with E-state index < -0.39 is 33.4 Å². The number of carbonyl (C=O) groups is 1. The van der Waals surface area contributed by atoms with E-state index in [4.69, 9.17) is 9.84 Å². The number of nitrogens with zero attached hydrogens (tertiary/aromatic N) is 1. The third kappa shape index (κ3) is 2.51. The lowest BCUT2D eigenvalue weighted by molar-refractivity contribution is -0.140. The van der Waals surface area contributed by atoms with Crippen molar-refractivity contribution in [1.29, 1.82) is 0 Å². The molecule has 2 heterocycles. The Morgan fingerprint density at radius 1 is 1.28 bits per heavy atom. The third-order valence-corrected chi connectivity index (χ3v) is 5.81. The molecular formula is C10H17NO6S. The lowest BCUT2D eigenvalue weighted by Gasteiger charge is -2.29. The van der Waals surface area contributed by atoms with Gasteiger partial charge in [0.1, 0.15) is 6.04 Å². The highest BCUT2D eigenvalue weighted by Gasteiger charge is 2.45. The number of aliphatic hydroxyl groups is 1. The largest absolute Gasteiger partial charge is 0.480 e. The molecule has 8 heteroatoms. The molecule has 0 amide bonds. The van der Waals surface area contributed by atoms with E-state index >= 15 is 0 Å². The molecule has 2 aliphatic rings. The van der Waals surface area contributed by atoms with Crippen LogP contribution in [0.15, 0.2) is 0 Å². The number of β-amino-alcohol motifs (C(OH)–C–C–N with tert-alkyl or cyclic N) is 1. The fourth-order valence-corrected chi connectivity index (χ4v) is 4.54. The van der Waals surface area contributed by atoms with Gasteiger partial charge in [0.05, 0.1) is 11.4 Å². The Kier molecular flexibility index (Phi) is 3.90. The summed E-state index contributed by atoms with van der Waals surface area (Å²) in [4.78, 5) is 11.0. The number of aliphatic carboxylic acids is 1. The lowest BCUT2D eigenvalue weighted by Crippen LogP contribution is -2.46. The molecule has 18 heavy (non-hydrogen) atoms. The molecule has 2 atom stereocenters. The van der Waals surface area contributed by atoms with Crippen LogP contribution < -0.4 is 0 Å². The SMILES string of the molecule is O=C(O)[C@H]1C[C@@H](O)CN1S(=O)(=O)C1CCOCC1. The molecule has 7 nitrogen and oxygen atoms in total. The number of ether oxygens (including phenoxy) is 1. The number of hydrogen-bond acceptors (Lipinski definition) is 5. The smallest absolute Gasteiger partial charge is 0.322 e. The number of hydrogen-bond donors (Lipinski definition) is 2. The van der Waals surface area contributed by atoms with Crippen molar-refractivity contribution in [3.8, 4) is 0 Å². The van der Waals surface area contributed by atoms with E-state index in [9.17, 15) is 18.3 Å². The quantitative estimate of drug-likeness (QED) is 0.688. The first kappa shape index (κ1) is 13.7. The zero-order valence-corrected chi connectivity index (χ0v) is 10.7. The molecule has 0 radical (unpaired) electrons. The average Bonchev–Trinajstić information content (AvgIpc) is 2.73. The maximum absolute atomic E-state index is 12.3. The summed E-state index contributed by atoms with van der Waals surface area (Å²) in [6.07, 6.45) is -0.193. The van der Waals surface area contributed by atoms with Crippen molar-refractivity contribution in [2.45, 2.75) is 36.7 Å². The van der Waals surface area contributed by atoms with Crippen LogP contribution in [0.25, 0.3) is 0 Å². The minimum absolute atomic E-state index is 0.0439. The van der Waals surface area contributed by atoms with Gasteiger partial charge in [0.2, 0.25) is 10.0 Å². The van der Waals surface area contributed by atoms with Crippen molar-refractivity contribution < 1.29 is 28.2 Å². The summed E-state index contributed by atoms with van der Waals surface area (Å²) in [5.74, 6) is -1.21. The lowest BCUT2D eigenvalue weighted by atomic mass is 10.2. The summed E-state index contributed by atoms with van der Waals surface area (Å²) in [7, 11) is -3.68. The molecular weight excluding hydrogens is 262 g/mol. The average molecular weight is 279 g/mol. The summed E-state index contributed by atoms with van der Waals surface area (Å²) >= 11 is 0. The molecule has 2 fully saturated rings. The normalized spacial score (nSPS) is 31.6. The second kappa shape index (κ2) is 5.12. The van der Waals surface area contributed by atoms with Crippen molar-refractivity contribution in [1.82, 2.24) is 4.31 Å². The molecule has 0 aromatic heterocycles. The first-order valence-corrected chi connectivity index (χ1v) is 7.42. The van der Waals surface area contributed by atoms with Crippen LogP contribution in [-0.4, -0.2) is 66.1 Å². The van der Waals surface area contributed by atoms with Gasteiger partial charge in [-0.1, -0.05) is 0 Å². The van der Waals surface area contributed by atoms with Crippen LogP contribution in [-0.2, 0) is 19.6 Å². The maximum atomic E-state index is 12.3. The Bertz CT molecular complexity index is 416. The molecule has 2 saturated heterocycles. The fourth-order valence-electron chi connectivity index (χ4n) is 2.46.